The van der Waals surface area contributed by atoms with Gasteiger partial charge in [-0.1, -0.05) is 26.7 Å². The molecule has 108 valence electrons. The molecule has 0 aliphatic heterocycles. The van der Waals surface area contributed by atoms with Gasteiger partial charge in [-0.15, -0.1) is 0 Å². The fraction of sp³-hybridized carbons (Fsp3) is 0.538. The van der Waals surface area contributed by atoms with Crippen molar-refractivity contribution in [2.45, 2.75) is 45.6 Å². The van der Waals surface area contributed by atoms with Gasteiger partial charge in [-0.25, -0.2) is 22.0 Å². The van der Waals surface area contributed by atoms with Crippen molar-refractivity contribution in [1.29, 1.82) is 0 Å². The predicted octanol–water partition coefficient (Wildman–Crippen LogP) is 4.76. The van der Waals surface area contributed by atoms with E-state index in [0.29, 0.717) is 12.8 Å². The van der Waals surface area contributed by atoms with E-state index in [-0.39, 0.29) is 6.04 Å². The van der Waals surface area contributed by atoms with Crippen LogP contribution in [0, 0.1) is 29.1 Å². The zero-order valence-corrected chi connectivity index (χ0v) is 10.8. The predicted molar refractivity (Wildman–Crippen MR) is 63.5 cm³/mol. The Hall–Kier alpha value is -1.33. The molecule has 0 bridgehead atoms. The van der Waals surface area contributed by atoms with Crippen LogP contribution in [0.3, 0.4) is 0 Å². The molecule has 0 aliphatic carbocycles. The number of halogens is 5. The lowest BCUT2D eigenvalue weighted by Gasteiger charge is -2.20. The molecule has 1 N–H and O–H groups in total. The minimum atomic E-state index is -2.14. The second-order valence-electron chi connectivity index (χ2n) is 4.36. The highest BCUT2D eigenvalue weighted by Gasteiger charge is 2.26. The molecule has 0 heterocycles. The summed E-state index contributed by atoms with van der Waals surface area (Å²) >= 11 is 0. The van der Waals surface area contributed by atoms with Crippen molar-refractivity contribution in [3.63, 3.8) is 0 Å². The molecule has 0 unspecified atom stereocenters. The summed E-state index contributed by atoms with van der Waals surface area (Å²) in [5.41, 5.74) is -0.941. The van der Waals surface area contributed by atoms with E-state index in [4.69, 9.17) is 0 Å². The van der Waals surface area contributed by atoms with E-state index in [2.05, 4.69) is 5.32 Å². The standard InChI is InChI=1S/C13H16F5N/c1-3-5-7(6-4-2)19-13-11(17)9(15)8(14)10(16)12(13)18/h7,19H,3-6H2,1-2H3. The Balaban J connectivity index is 3.12. The highest BCUT2D eigenvalue weighted by Crippen LogP contribution is 2.28. The lowest BCUT2D eigenvalue weighted by Crippen LogP contribution is -2.22. The summed E-state index contributed by atoms with van der Waals surface area (Å²) in [7, 11) is 0. The maximum atomic E-state index is 13.5. The second kappa shape index (κ2) is 6.73. The van der Waals surface area contributed by atoms with Crippen LogP contribution in [0.2, 0.25) is 0 Å². The molecule has 0 amide bonds. The van der Waals surface area contributed by atoms with Crippen LogP contribution in [0.15, 0.2) is 0 Å². The molecule has 19 heavy (non-hydrogen) atoms. The van der Waals surface area contributed by atoms with E-state index in [1.165, 1.54) is 0 Å². The smallest absolute Gasteiger partial charge is 0.200 e. The second-order valence-corrected chi connectivity index (χ2v) is 4.36. The maximum absolute atomic E-state index is 13.5. The number of hydrogen-bond acceptors (Lipinski definition) is 1. The molecule has 0 saturated heterocycles. The highest BCUT2D eigenvalue weighted by atomic mass is 19.2. The van der Waals surface area contributed by atoms with Gasteiger partial charge in [0.15, 0.2) is 23.3 Å². The van der Waals surface area contributed by atoms with Crippen molar-refractivity contribution in [3.05, 3.63) is 29.1 Å². The lowest BCUT2D eigenvalue weighted by atomic mass is 10.1. The molecular weight excluding hydrogens is 265 g/mol. The van der Waals surface area contributed by atoms with E-state index >= 15 is 0 Å². The molecule has 1 aromatic rings. The molecule has 0 fully saturated rings. The molecule has 1 rings (SSSR count). The van der Waals surface area contributed by atoms with Crippen molar-refractivity contribution in [2.24, 2.45) is 0 Å². The summed E-state index contributed by atoms with van der Waals surface area (Å²) in [6.45, 7) is 3.76. The number of anilines is 1. The molecule has 0 atom stereocenters. The normalized spacial score (nSPS) is 11.2. The van der Waals surface area contributed by atoms with Gasteiger partial charge in [0, 0.05) is 6.04 Å². The van der Waals surface area contributed by atoms with Crippen molar-refractivity contribution >= 4 is 5.69 Å². The summed E-state index contributed by atoms with van der Waals surface area (Å²) in [4.78, 5) is 0. The lowest BCUT2D eigenvalue weighted by molar-refractivity contribution is 0.380. The Kier molecular flexibility index (Phi) is 5.57. The van der Waals surface area contributed by atoms with E-state index in [9.17, 15) is 22.0 Å². The Labute approximate surface area is 108 Å². The first-order valence-electron chi connectivity index (χ1n) is 6.21. The van der Waals surface area contributed by atoms with Crippen LogP contribution in [0.1, 0.15) is 39.5 Å². The van der Waals surface area contributed by atoms with Gasteiger partial charge in [-0.3, -0.25) is 0 Å². The van der Waals surface area contributed by atoms with Crippen LogP contribution in [-0.2, 0) is 0 Å². The zero-order valence-electron chi connectivity index (χ0n) is 10.8. The first-order valence-corrected chi connectivity index (χ1v) is 6.21. The van der Waals surface area contributed by atoms with Crippen LogP contribution in [0.4, 0.5) is 27.6 Å². The van der Waals surface area contributed by atoms with Crippen molar-refractivity contribution in [2.75, 3.05) is 5.32 Å². The third-order valence-electron chi connectivity index (χ3n) is 2.83. The summed E-state index contributed by atoms with van der Waals surface area (Å²) in [6, 6.07) is -0.316. The van der Waals surface area contributed by atoms with Crippen LogP contribution < -0.4 is 5.32 Å². The third-order valence-corrected chi connectivity index (χ3v) is 2.83. The molecule has 0 spiro atoms. The molecule has 1 nitrogen and oxygen atoms in total. The summed E-state index contributed by atoms with van der Waals surface area (Å²) < 4.78 is 65.8. The molecule has 1 aromatic carbocycles. The Morgan fingerprint density at radius 2 is 1.11 bits per heavy atom. The third kappa shape index (κ3) is 3.36. The Morgan fingerprint density at radius 1 is 0.737 bits per heavy atom. The minimum absolute atomic E-state index is 0.316. The van der Waals surface area contributed by atoms with Gasteiger partial charge in [0.25, 0.3) is 0 Å². The first kappa shape index (κ1) is 15.7. The monoisotopic (exact) mass is 281 g/mol. The highest BCUT2D eigenvalue weighted by molar-refractivity contribution is 5.48. The largest absolute Gasteiger partial charge is 0.377 e. The summed E-state index contributed by atoms with van der Waals surface area (Å²) in [5.74, 6) is -9.61. The van der Waals surface area contributed by atoms with Crippen LogP contribution in [0.25, 0.3) is 0 Å². The SMILES string of the molecule is CCCC(CCC)Nc1c(F)c(F)c(F)c(F)c1F. The zero-order chi connectivity index (χ0) is 14.6. The van der Waals surface area contributed by atoms with Gasteiger partial charge >= 0.3 is 0 Å². The summed E-state index contributed by atoms with van der Waals surface area (Å²) in [5, 5.41) is 2.43. The molecule has 0 radical (unpaired) electrons. The van der Waals surface area contributed by atoms with Gasteiger partial charge < -0.3 is 5.32 Å². The maximum Gasteiger partial charge on any atom is 0.200 e. The average Bonchev–Trinajstić information content (AvgIpc) is 2.39. The van der Waals surface area contributed by atoms with Crippen molar-refractivity contribution in [1.82, 2.24) is 0 Å². The fourth-order valence-corrected chi connectivity index (χ4v) is 1.92. The topological polar surface area (TPSA) is 12.0 Å². The van der Waals surface area contributed by atoms with Crippen LogP contribution >= 0.6 is 0 Å². The van der Waals surface area contributed by atoms with Gasteiger partial charge in [-0.2, -0.15) is 0 Å². The summed E-state index contributed by atoms with van der Waals surface area (Å²) in [6.07, 6.45) is 2.67. The van der Waals surface area contributed by atoms with Gasteiger partial charge in [0.1, 0.15) is 5.69 Å². The molecular formula is C13H16F5N. The molecule has 0 aliphatic rings. The Bertz CT molecular complexity index is 412. The molecule has 6 heteroatoms. The van der Waals surface area contributed by atoms with E-state index in [1.807, 2.05) is 13.8 Å². The molecule has 0 saturated carbocycles. The number of rotatable bonds is 6. The van der Waals surface area contributed by atoms with E-state index < -0.39 is 34.8 Å². The van der Waals surface area contributed by atoms with E-state index in [0.717, 1.165) is 12.8 Å². The van der Waals surface area contributed by atoms with Crippen molar-refractivity contribution in [3.8, 4) is 0 Å². The first-order chi connectivity index (χ1) is 8.93. The minimum Gasteiger partial charge on any atom is -0.377 e. The average molecular weight is 281 g/mol. The quantitative estimate of drug-likeness (QED) is 0.450. The van der Waals surface area contributed by atoms with Crippen LogP contribution in [0.5, 0.6) is 0 Å². The van der Waals surface area contributed by atoms with E-state index in [1.54, 1.807) is 0 Å². The fourth-order valence-electron chi connectivity index (χ4n) is 1.92. The van der Waals surface area contributed by atoms with Gasteiger partial charge in [-0.05, 0) is 12.8 Å². The van der Waals surface area contributed by atoms with Gasteiger partial charge in [0.2, 0.25) is 5.82 Å². The number of hydrogen-bond donors (Lipinski definition) is 1. The molecule has 0 aromatic heterocycles. The van der Waals surface area contributed by atoms with Crippen LogP contribution in [-0.4, -0.2) is 6.04 Å². The number of nitrogens with one attached hydrogen (secondary N) is 1. The van der Waals surface area contributed by atoms with Gasteiger partial charge in [0.05, 0.1) is 0 Å². The van der Waals surface area contributed by atoms with Crippen molar-refractivity contribution < 1.29 is 22.0 Å². The Morgan fingerprint density at radius 3 is 1.47 bits per heavy atom. The number of benzene rings is 1.